The van der Waals surface area contributed by atoms with Crippen molar-refractivity contribution in [2.45, 2.75) is 6.92 Å². The van der Waals surface area contributed by atoms with Crippen molar-refractivity contribution in [1.82, 2.24) is 3.96 Å². The van der Waals surface area contributed by atoms with E-state index in [0.29, 0.717) is 6.54 Å². The molecule has 2 N–H and O–H groups in total. The molecular weight excluding hydrogens is 280 g/mol. The number of fused-ring (bicyclic) bond motifs is 1. The van der Waals surface area contributed by atoms with Gasteiger partial charge in [-0.2, -0.15) is 0 Å². The summed E-state index contributed by atoms with van der Waals surface area (Å²) in [6, 6.07) is 13.5. The Hall–Kier alpha value is -2.35. The molecule has 0 radical (unpaired) electrons. The molecule has 3 aromatic rings. The van der Waals surface area contributed by atoms with Gasteiger partial charge < -0.3 is 5.73 Å². The fourth-order valence-corrected chi connectivity index (χ4v) is 3.15. The molecule has 0 unspecified atom stereocenters. The van der Waals surface area contributed by atoms with E-state index in [-0.39, 0.29) is 5.56 Å². The number of hydrogen-bond donors (Lipinski definition) is 1. The molecule has 0 saturated heterocycles. The summed E-state index contributed by atoms with van der Waals surface area (Å²) in [5, 5.41) is 0.748. The average Bonchev–Trinajstić information content (AvgIpc) is 2.84. The predicted molar refractivity (Wildman–Crippen MR) is 88.1 cm³/mol. The van der Waals surface area contributed by atoms with Crippen molar-refractivity contribution in [3.05, 3.63) is 63.9 Å². The molecule has 0 aliphatic carbocycles. The van der Waals surface area contributed by atoms with Crippen LogP contribution in [0.15, 0.2) is 47.3 Å². The SMILES string of the molecule is Cc1ccc(-n2sc3ccccc3c2=O)cc1C#CCN. The van der Waals surface area contributed by atoms with Crippen molar-refractivity contribution in [1.29, 1.82) is 0 Å². The first kappa shape index (κ1) is 13.6. The maximum Gasteiger partial charge on any atom is 0.273 e. The van der Waals surface area contributed by atoms with E-state index in [1.54, 1.807) is 3.96 Å². The van der Waals surface area contributed by atoms with Crippen LogP contribution in [0.3, 0.4) is 0 Å². The van der Waals surface area contributed by atoms with Gasteiger partial charge >= 0.3 is 0 Å². The second-order valence-electron chi connectivity index (χ2n) is 4.69. The number of aryl methyl sites for hydroxylation is 1. The Labute approximate surface area is 126 Å². The van der Waals surface area contributed by atoms with Gasteiger partial charge in [0.2, 0.25) is 0 Å². The third kappa shape index (κ3) is 2.49. The van der Waals surface area contributed by atoms with Crippen LogP contribution < -0.4 is 11.3 Å². The molecule has 21 heavy (non-hydrogen) atoms. The lowest BCUT2D eigenvalue weighted by molar-refractivity contribution is 1.14. The summed E-state index contributed by atoms with van der Waals surface area (Å²) in [5.41, 5.74) is 8.26. The third-order valence-electron chi connectivity index (χ3n) is 3.27. The summed E-state index contributed by atoms with van der Waals surface area (Å²) in [4.78, 5) is 12.5. The topological polar surface area (TPSA) is 48.0 Å². The molecule has 0 fully saturated rings. The van der Waals surface area contributed by atoms with Gasteiger partial charge in [-0.15, -0.1) is 0 Å². The Morgan fingerprint density at radius 3 is 2.81 bits per heavy atom. The van der Waals surface area contributed by atoms with E-state index in [1.807, 2.05) is 49.4 Å². The maximum atomic E-state index is 12.5. The lowest BCUT2D eigenvalue weighted by Crippen LogP contribution is -2.10. The second-order valence-corrected chi connectivity index (χ2v) is 5.68. The van der Waals surface area contributed by atoms with Crippen LogP contribution in [0.4, 0.5) is 0 Å². The molecular formula is C17H14N2OS. The van der Waals surface area contributed by atoms with Gasteiger partial charge in [-0.1, -0.05) is 41.6 Å². The van der Waals surface area contributed by atoms with E-state index in [1.165, 1.54) is 11.5 Å². The highest BCUT2D eigenvalue weighted by Gasteiger charge is 2.09. The fourth-order valence-electron chi connectivity index (χ4n) is 2.16. The average molecular weight is 294 g/mol. The lowest BCUT2D eigenvalue weighted by Gasteiger charge is -2.03. The van der Waals surface area contributed by atoms with Crippen LogP contribution in [-0.2, 0) is 0 Å². The zero-order chi connectivity index (χ0) is 14.8. The van der Waals surface area contributed by atoms with E-state index in [2.05, 4.69) is 11.8 Å². The van der Waals surface area contributed by atoms with Gasteiger partial charge in [0, 0.05) is 5.56 Å². The normalized spacial score (nSPS) is 10.4. The van der Waals surface area contributed by atoms with Gasteiger partial charge in [0.1, 0.15) is 0 Å². The van der Waals surface area contributed by atoms with Crippen molar-refractivity contribution in [2.75, 3.05) is 6.54 Å². The van der Waals surface area contributed by atoms with Gasteiger partial charge in [0.15, 0.2) is 0 Å². The fraction of sp³-hybridized carbons (Fsp3) is 0.118. The number of benzene rings is 2. The molecule has 3 rings (SSSR count). The minimum Gasteiger partial charge on any atom is -0.320 e. The van der Waals surface area contributed by atoms with E-state index < -0.39 is 0 Å². The zero-order valence-electron chi connectivity index (χ0n) is 11.6. The third-order valence-corrected chi connectivity index (χ3v) is 4.38. The summed E-state index contributed by atoms with van der Waals surface area (Å²) in [6.07, 6.45) is 0. The molecule has 1 aromatic heterocycles. The Bertz CT molecular complexity index is 925. The van der Waals surface area contributed by atoms with Crippen LogP contribution in [0, 0.1) is 18.8 Å². The minimum absolute atomic E-state index is 0.0113. The second kappa shape index (κ2) is 5.57. The maximum absolute atomic E-state index is 12.5. The highest BCUT2D eigenvalue weighted by atomic mass is 32.1. The zero-order valence-corrected chi connectivity index (χ0v) is 12.4. The van der Waals surface area contributed by atoms with Crippen molar-refractivity contribution in [3.8, 4) is 17.5 Å². The van der Waals surface area contributed by atoms with Crippen LogP contribution in [0.25, 0.3) is 15.8 Å². The number of aromatic nitrogens is 1. The quantitative estimate of drug-likeness (QED) is 0.701. The summed E-state index contributed by atoms with van der Waals surface area (Å²) < 4.78 is 2.69. The molecule has 3 nitrogen and oxygen atoms in total. The molecule has 0 amide bonds. The van der Waals surface area contributed by atoms with E-state index >= 15 is 0 Å². The number of nitrogens with zero attached hydrogens (tertiary/aromatic N) is 1. The van der Waals surface area contributed by atoms with E-state index in [9.17, 15) is 4.79 Å². The lowest BCUT2D eigenvalue weighted by atomic mass is 10.1. The minimum atomic E-state index is 0.0113. The van der Waals surface area contributed by atoms with Gasteiger partial charge in [-0.05, 0) is 36.8 Å². The monoisotopic (exact) mass is 294 g/mol. The molecule has 0 bridgehead atoms. The molecule has 0 aliphatic rings. The molecule has 0 aliphatic heterocycles. The summed E-state index contributed by atoms with van der Waals surface area (Å²) in [6.45, 7) is 2.32. The van der Waals surface area contributed by atoms with Crippen LogP contribution in [0.1, 0.15) is 11.1 Å². The summed E-state index contributed by atoms with van der Waals surface area (Å²) >= 11 is 1.45. The van der Waals surface area contributed by atoms with Crippen LogP contribution in [0.2, 0.25) is 0 Å². The smallest absolute Gasteiger partial charge is 0.273 e. The molecule has 104 valence electrons. The Morgan fingerprint density at radius 2 is 2.05 bits per heavy atom. The number of rotatable bonds is 1. The van der Waals surface area contributed by atoms with Gasteiger partial charge in [0.25, 0.3) is 5.56 Å². The standard InChI is InChI=1S/C17H14N2OS/c1-12-8-9-14(11-13(12)5-4-10-18)19-17(20)15-6-2-3-7-16(15)21-19/h2-3,6-9,11H,10,18H2,1H3. The summed E-state index contributed by atoms with van der Waals surface area (Å²) in [5.74, 6) is 5.91. The number of nitrogens with two attached hydrogens (primary N) is 1. The van der Waals surface area contributed by atoms with Crippen LogP contribution in [0.5, 0.6) is 0 Å². The van der Waals surface area contributed by atoms with E-state index in [4.69, 9.17) is 5.73 Å². The molecule has 2 aromatic carbocycles. The van der Waals surface area contributed by atoms with E-state index in [0.717, 1.165) is 26.9 Å². The highest BCUT2D eigenvalue weighted by molar-refractivity contribution is 7.14. The first-order chi connectivity index (χ1) is 10.2. The van der Waals surface area contributed by atoms with Crippen LogP contribution in [-0.4, -0.2) is 10.5 Å². The first-order valence-electron chi connectivity index (χ1n) is 6.62. The first-order valence-corrected chi connectivity index (χ1v) is 7.39. The largest absolute Gasteiger partial charge is 0.320 e. The van der Waals surface area contributed by atoms with Gasteiger partial charge in [0.05, 0.1) is 22.3 Å². The molecule has 0 saturated carbocycles. The molecule has 0 atom stereocenters. The number of hydrogen-bond acceptors (Lipinski definition) is 3. The van der Waals surface area contributed by atoms with Crippen molar-refractivity contribution < 1.29 is 0 Å². The molecule has 1 heterocycles. The molecule has 4 heteroatoms. The Morgan fingerprint density at radius 1 is 1.24 bits per heavy atom. The van der Waals surface area contributed by atoms with Crippen molar-refractivity contribution in [3.63, 3.8) is 0 Å². The Balaban J connectivity index is 2.19. The van der Waals surface area contributed by atoms with Gasteiger partial charge in [-0.25, -0.2) is 3.96 Å². The van der Waals surface area contributed by atoms with Crippen LogP contribution >= 0.6 is 11.5 Å². The van der Waals surface area contributed by atoms with Crippen molar-refractivity contribution >= 4 is 21.6 Å². The highest BCUT2D eigenvalue weighted by Crippen LogP contribution is 2.21. The summed E-state index contributed by atoms with van der Waals surface area (Å²) in [7, 11) is 0. The predicted octanol–water partition coefficient (Wildman–Crippen LogP) is 2.67. The Kier molecular flexibility index (Phi) is 3.61. The van der Waals surface area contributed by atoms with Crippen molar-refractivity contribution in [2.24, 2.45) is 5.73 Å². The van der Waals surface area contributed by atoms with Gasteiger partial charge in [-0.3, -0.25) is 4.79 Å². The molecule has 0 spiro atoms.